The minimum atomic E-state index is -0.698. The Kier molecular flexibility index (Phi) is 2.85. The Morgan fingerprint density at radius 1 is 1.25 bits per heavy atom. The molecule has 0 spiro atoms. The standard InChI is InChI=1S/C14H26N2/c1-10-9-16(11(2)13(3,4)5)12(15-10)14(6,7)8/h9,11H,1-8H3/i11D. The number of aromatic nitrogens is 2. The lowest BCUT2D eigenvalue weighted by molar-refractivity contribution is 0.250. The van der Waals surface area contributed by atoms with Crippen molar-refractivity contribution in [1.82, 2.24) is 9.55 Å². The molecule has 2 heteroatoms. The predicted octanol–water partition coefficient (Wildman–Crippen LogP) is 4.10. The molecule has 1 unspecified atom stereocenters. The van der Waals surface area contributed by atoms with Crippen molar-refractivity contribution in [2.45, 2.75) is 66.8 Å². The number of hydrogen-bond acceptors (Lipinski definition) is 1. The van der Waals surface area contributed by atoms with Gasteiger partial charge in [-0.25, -0.2) is 4.98 Å². The maximum atomic E-state index is 8.68. The van der Waals surface area contributed by atoms with Crippen molar-refractivity contribution in [3.8, 4) is 0 Å². The summed E-state index contributed by atoms with van der Waals surface area (Å²) in [5.41, 5.74) is 0.805. The van der Waals surface area contributed by atoms with Gasteiger partial charge >= 0.3 is 0 Å². The highest BCUT2D eigenvalue weighted by Gasteiger charge is 2.28. The maximum Gasteiger partial charge on any atom is 0.114 e. The molecule has 0 aliphatic rings. The van der Waals surface area contributed by atoms with Gasteiger partial charge in [-0.15, -0.1) is 0 Å². The molecule has 92 valence electrons. The molecule has 1 aromatic rings. The molecule has 0 aromatic carbocycles. The maximum absolute atomic E-state index is 8.68. The second-order valence-electron chi connectivity index (χ2n) is 6.66. The molecule has 0 saturated heterocycles. The second-order valence-corrected chi connectivity index (χ2v) is 6.66. The van der Waals surface area contributed by atoms with E-state index in [4.69, 9.17) is 1.37 Å². The van der Waals surface area contributed by atoms with Crippen LogP contribution < -0.4 is 0 Å². The molecule has 1 heterocycles. The van der Waals surface area contributed by atoms with E-state index in [2.05, 4.69) is 46.5 Å². The minimum absolute atomic E-state index is 0.0399. The van der Waals surface area contributed by atoms with E-state index in [0.29, 0.717) is 0 Å². The molecular formula is C14H26N2. The summed E-state index contributed by atoms with van der Waals surface area (Å²) in [6.45, 7) is 16.7. The molecule has 2 nitrogen and oxygen atoms in total. The van der Waals surface area contributed by atoms with Gasteiger partial charge in [0.2, 0.25) is 0 Å². The van der Waals surface area contributed by atoms with Crippen LogP contribution in [0.4, 0.5) is 0 Å². The molecule has 0 amide bonds. The number of rotatable bonds is 1. The molecule has 1 rings (SSSR count). The van der Waals surface area contributed by atoms with Crippen LogP contribution in [0.1, 0.15) is 67.4 Å². The average Bonchev–Trinajstić information content (AvgIpc) is 2.44. The zero-order chi connectivity index (χ0) is 13.6. The van der Waals surface area contributed by atoms with Crippen LogP contribution in [-0.2, 0) is 5.41 Å². The molecule has 1 aromatic heterocycles. The Labute approximate surface area is 101 Å². The molecule has 0 fully saturated rings. The smallest absolute Gasteiger partial charge is 0.114 e. The Morgan fingerprint density at radius 2 is 1.75 bits per heavy atom. The fraction of sp³-hybridized carbons (Fsp3) is 0.786. The summed E-state index contributed by atoms with van der Waals surface area (Å²) in [6.07, 6.45) is 2.00. The van der Waals surface area contributed by atoms with E-state index < -0.39 is 6.02 Å². The molecule has 0 aliphatic heterocycles. The van der Waals surface area contributed by atoms with Crippen LogP contribution in [0.3, 0.4) is 0 Å². The zero-order valence-electron chi connectivity index (χ0n) is 13.0. The number of nitrogens with zero attached hydrogens (tertiary/aromatic N) is 2. The fourth-order valence-corrected chi connectivity index (χ4v) is 1.64. The normalized spacial score (nSPS) is 18.1. The molecule has 0 N–H and O–H groups in total. The van der Waals surface area contributed by atoms with Crippen LogP contribution in [0.5, 0.6) is 0 Å². The quantitative estimate of drug-likeness (QED) is 0.701. The molecule has 0 bridgehead atoms. The highest BCUT2D eigenvalue weighted by atomic mass is 15.1. The van der Waals surface area contributed by atoms with Gasteiger partial charge in [-0.05, 0) is 19.3 Å². The Hall–Kier alpha value is -0.790. The molecule has 0 aliphatic carbocycles. The summed E-state index contributed by atoms with van der Waals surface area (Å²) in [5.74, 6) is 0.988. The van der Waals surface area contributed by atoms with Gasteiger partial charge in [0.1, 0.15) is 5.82 Å². The van der Waals surface area contributed by atoms with Gasteiger partial charge in [0.05, 0.1) is 7.06 Å². The largest absolute Gasteiger partial charge is 0.331 e. The van der Waals surface area contributed by atoms with Crippen molar-refractivity contribution in [2.24, 2.45) is 5.41 Å². The zero-order valence-corrected chi connectivity index (χ0v) is 12.0. The number of aryl methyl sites for hydroxylation is 1. The summed E-state index contributed by atoms with van der Waals surface area (Å²) in [7, 11) is 0. The van der Waals surface area contributed by atoms with E-state index in [9.17, 15) is 0 Å². The summed E-state index contributed by atoms with van der Waals surface area (Å²) < 4.78 is 10.7. The third-order valence-corrected chi connectivity index (χ3v) is 2.94. The van der Waals surface area contributed by atoms with Crippen LogP contribution in [0.2, 0.25) is 0 Å². The average molecular weight is 223 g/mol. The highest BCUT2D eigenvalue weighted by molar-refractivity contribution is 5.12. The van der Waals surface area contributed by atoms with Crippen molar-refractivity contribution in [2.75, 3.05) is 0 Å². The van der Waals surface area contributed by atoms with Gasteiger partial charge in [-0.1, -0.05) is 41.5 Å². The Bertz CT molecular complexity index is 403. The van der Waals surface area contributed by atoms with Crippen LogP contribution in [0.15, 0.2) is 6.20 Å². The van der Waals surface area contributed by atoms with E-state index in [1.807, 2.05) is 24.6 Å². The highest BCUT2D eigenvalue weighted by Crippen LogP contribution is 2.34. The first kappa shape index (κ1) is 11.7. The van der Waals surface area contributed by atoms with Crippen molar-refractivity contribution in [3.63, 3.8) is 0 Å². The molecule has 16 heavy (non-hydrogen) atoms. The lowest BCUT2D eigenvalue weighted by Gasteiger charge is -2.32. The summed E-state index contributed by atoms with van der Waals surface area (Å²) in [5, 5.41) is 0. The first-order chi connectivity index (χ1) is 7.37. The van der Waals surface area contributed by atoms with Crippen molar-refractivity contribution in [1.29, 1.82) is 0 Å². The molecule has 1 atom stereocenters. The van der Waals surface area contributed by atoms with Crippen molar-refractivity contribution < 1.29 is 1.37 Å². The topological polar surface area (TPSA) is 17.8 Å². The molecular weight excluding hydrogens is 196 g/mol. The third kappa shape index (κ3) is 2.66. The van der Waals surface area contributed by atoms with Crippen LogP contribution in [0, 0.1) is 12.3 Å². The van der Waals surface area contributed by atoms with E-state index in [1.165, 1.54) is 0 Å². The van der Waals surface area contributed by atoms with E-state index in [0.717, 1.165) is 11.5 Å². The Balaban J connectivity index is 3.42. The summed E-state index contributed by atoms with van der Waals surface area (Å²) >= 11 is 0. The van der Waals surface area contributed by atoms with Gasteiger partial charge < -0.3 is 4.57 Å². The minimum Gasteiger partial charge on any atom is -0.331 e. The van der Waals surface area contributed by atoms with E-state index in [1.54, 1.807) is 0 Å². The SMILES string of the molecule is [2H]C(C)(n1cc(C)nc1C(C)(C)C)C(C)(C)C. The van der Waals surface area contributed by atoms with Crippen molar-refractivity contribution >= 4 is 0 Å². The Morgan fingerprint density at radius 3 is 2.12 bits per heavy atom. The van der Waals surface area contributed by atoms with Gasteiger partial charge in [0.25, 0.3) is 0 Å². The van der Waals surface area contributed by atoms with Crippen LogP contribution >= 0.6 is 0 Å². The fourth-order valence-electron chi connectivity index (χ4n) is 1.64. The monoisotopic (exact) mass is 223 g/mol. The summed E-state index contributed by atoms with van der Waals surface area (Å²) in [6, 6.07) is -0.698. The lowest BCUT2D eigenvalue weighted by atomic mass is 9.86. The third-order valence-electron chi connectivity index (χ3n) is 2.94. The number of hydrogen-bond donors (Lipinski definition) is 0. The van der Waals surface area contributed by atoms with Crippen LogP contribution in [0.25, 0.3) is 0 Å². The first-order valence-corrected chi connectivity index (χ1v) is 5.94. The second kappa shape index (κ2) is 3.90. The van der Waals surface area contributed by atoms with Crippen LogP contribution in [-0.4, -0.2) is 9.55 Å². The predicted molar refractivity (Wildman–Crippen MR) is 69.8 cm³/mol. The summed E-state index contributed by atoms with van der Waals surface area (Å²) in [4.78, 5) is 4.60. The van der Waals surface area contributed by atoms with E-state index >= 15 is 0 Å². The molecule has 0 radical (unpaired) electrons. The molecule has 0 saturated carbocycles. The van der Waals surface area contributed by atoms with Gasteiger partial charge in [-0.2, -0.15) is 0 Å². The van der Waals surface area contributed by atoms with Gasteiger partial charge in [0, 0.05) is 17.6 Å². The van der Waals surface area contributed by atoms with Crippen molar-refractivity contribution in [3.05, 3.63) is 17.7 Å². The van der Waals surface area contributed by atoms with E-state index in [-0.39, 0.29) is 10.8 Å². The first-order valence-electron chi connectivity index (χ1n) is 6.44. The van der Waals surface area contributed by atoms with Gasteiger partial charge in [-0.3, -0.25) is 0 Å². The lowest BCUT2D eigenvalue weighted by Crippen LogP contribution is -2.27. The number of imidazole rings is 1. The van der Waals surface area contributed by atoms with Gasteiger partial charge in [0.15, 0.2) is 0 Å².